The first kappa shape index (κ1) is 12.6. The lowest BCUT2D eigenvalue weighted by molar-refractivity contribution is 0.449. The van der Waals surface area contributed by atoms with Gasteiger partial charge in [0.25, 0.3) is 0 Å². The van der Waals surface area contributed by atoms with Gasteiger partial charge in [-0.15, -0.1) is 0 Å². The molecule has 0 radical (unpaired) electrons. The van der Waals surface area contributed by atoms with Crippen molar-refractivity contribution >= 4 is 22.6 Å². The van der Waals surface area contributed by atoms with Gasteiger partial charge in [0.05, 0.1) is 5.39 Å². The van der Waals surface area contributed by atoms with Gasteiger partial charge in [0.15, 0.2) is 0 Å². The van der Waals surface area contributed by atoms with E-state index in [1.165, 1.54) is 24.5 Å². The average Bonchev–Trinajstić information content (AvgIpc) is 2.44. The number of phenolic OH excluding ortho intramolecular Hbond substituents is 1. The molecule has 2 aromatic carbocycles. The summed E-state index contributed by atoms with van der Waals surface area (Å²) >= 11 is 5.78. The van der Waals surface area contributed by atoms with Crippen molar-refractivity contribution in [3.63, 3.8) is 0 Å². The van der Waals surface area contributed by atoms with Gasteiger partial charge in [0, 0.05) is 11.1 Å². The van der Waals surface area contributed by atoms with Crippen molar-refractivity contribution in [1.29, 1.82) is 0 Å². The number of phenols is 1. The molecule has 0 atom stereocenters. The maximum atomic E-state index is 12.2. The Balaban J connectivity index is 2.04. The molecule has 0 amide bonds. The van der Waals surface area contributed by atoms with Crippen molar-refractivity contribution in [2.24, 2.45) is 0 Å². The van der Waals surface area contributed by atoms with E-state index in [2.05, 4.69) is 0 Å². The number of hydrogen-bond acceptors (Lipinski definition) is 4. The Morgan fingerprint density at radius 3 is 2.60 bits per heavy atom. The predicted octanol–water partition coefficient (Wildman–Crippen LogP) is 3.94. The molecule has 0 spiro atoms. The van der Waals surface area contributed by atoms with Crippen LogP contribution in [0.2, 0.25) is 5.02 Å². The van der Waals surface area contributed by atoms with Gasteiger partial charge in [-0.1, -0.05) is 11.6 Å². The first-order valence-electron chi connectivity index (χ1n) is 5.81. The fraction of sp³-hybridized carbons (Fsp3) is 0. The number of rotatable bonds is 2. The quantitative estimate of drug-likeness (QED) is 0.776. The monoisotopic (exact) mass is 288 g/mol. The molecular formula is C15H9ClO4. The normalized spacial score (nSPS) is 10.7. The minimum Gasteiger partial charge on any atom is -0.508 e. The van der Waals surface area contributed by atoms with Crippen LogP contribution in [0.1, 0.15) is 0 Å². The van der Waals surface area contributed by atoms with Crippen LogP contribution in [-0.4, -0.2) is 5.11 Å². The maximum Gasteiger partial charge on any atom is 0.235 e. The predicted molar refractivity (Wildman–Crippen MR) is 75.7 cm³/mol. The van der Waals surface area contributed by atoms with Gasteiger partial charge in [-0.3, -0.25) is 4.79 Å². The largest absolute Gasteiger partial charge is 0.508 e. The smallest absolute Gasteiger partial charge is 0.235 e. The highest BCUT2D eigenvalue weighted by molar-refractivity contribution is 6.30. The van der Waals surface area contributed by atoms with Gasteiger partial charge in [0.1, 0.15) is 23.3 Å². The molecule has 3 aromatic rings. The van der Waals surface area contributed by atoms with Crippen LogP contribution in [0, 0.1) is 0 Å². The lowest BCUT2D eigenvalue weighted by atomic mass is 10.2. The van der Waals surface area contributed by atoms with Gasteiger partial charge in [-0.05, 0) is 36.4 Å². The fourth-order valence-corrected chi connectivity index (χ4v) is 1.93. The van der Waals surface area contributed by atoms with Crippen LogP contribution < -0.4 is 10.2 Å². The highest BCUT2D eigenvalue weighted by Gasteiger charge is 2.09. The van der Waals surface area contributed by atoms with Gasteiger partial charge >= 0.3 is 0 Å². The zero-order valence-electron chi connectivity index (χ0n) is 10.2. The summed E-state index contributed by atoms with van der Waals surface area (Å²) in [7, 11) is 0. The van der Waals surface area contributed by atoms with E-state index < -0.39 is 0 Å². The Labute approximate surface area is 118 Å². The number of halogens is 1. The molecule has 0 bridgehead atoms. The number of benzene rings is 2. The van der Waals surface area contributed by atoms with Crippen LogP contribution in [0.5, 0.6) is 17.2 Å². The van der Waals surface area contributed by atoms with Crippen LogP contribution in [0.4, 0.5) is 0 Å². The van der Waals surface area contributed by atoms with E-state index in [0.29, 0.717) is 21.7 Å². The van der Waals surface area contributed by atoms with Crippen molar-refractivity contribution in [3.05, 3.63) is 64.0 Å². The molecule has 5 heteroatoms. The van der Waals surface area contributed by atoms with E-state index in [1.807, 2.05) is 0 Å². The molecule has 0 aliphatic heterocycles. The second kappa shape index (κ2) is 4.90. The van der Waals surface area contributed by atoms with Crippen molar-refractivity contribution in [2.45, 2.75) is 0 Å². The molecule has 0 unspecified atom stereocenters. The average molecular weight is 289 g/mol. The van der Waals surface area contributed by atoms with Crippen molar-refractivity contribution in [3.8, 4) is 17.2 Å². The summed E-state index contributed by atoms with van der Waals surface area (Å²) in [6.45, 7) is 0. The Morgan fingerprint density at radius 1 is 1.10 bits per heavy atom. The topological polar surface area (TPSA) is 59.7 Å². The molecule has 3 rings (SSSR count). The number of aromatic hydroxyl groups is 1. The zero-order valence-corrected chi connectivity index (χ0v) is 10.9. The van der Waals surface area contributed by atoms with Gasteiger partial charge in [-0.25, -0.2) is 0 Å². The van der Waals surface area contributed by atoms with E-state index in [-0.39, 0.29) is 16.9 Å². The lowest BCUT2D eigenvalue weighted by Crippen LogP contribution is -2.04. The van der Waals surface area contributed by atoms with Crippen molar-refractivity contribution < 1.29 is 14.3 Å². The standard InChI is InChI=1S/C15H9ClO4/c16-9-1-4-11(5-2-9)20-14-8-19-13-7-10(17)3-6-12(13)15(14)18/h1-8,17H. The molecule has 4 nitrogen and oxygen atoms in total. The van der Waals surface area contributed by atoms with E-state index in [1.54, 1.807) is 24.3 Å². The molecule has 100 valence electrons. The SMILES string of the molecule is O=c1c(Oc2ccc(Cl)cc2)coc2cc(O)ccc12. The minimum atomic E-state index is -0.304. The molecule has 0 fully saturated rings. The van der Waals surface area contributed by atoms with Crippen LogP contribution in [0.25, 0.3) is 11.0 Å². The third-order valence-electron chi connectivity index (χ3n) is 2.77. The maximum absolute atomic E-state index is 12.2. The summed E-state index contributed by atoms with van der Waals surface area (Å²) < 4.78 is 10.8. The first-order valence-corrected chi connectivity index (χ1v) is 6.19. The van der Waals surface area contributed by atoms with Crippen molar-refractivity contribution in [1.82, 2.24) is 0 Å². The van der Waals surface area contributed by atoms with Gasteiger partial charge in [-0.2, -0.15) is 0 Å². The molecule has 1 aromatic heterocycles. The number of fused-ring (bicyclic) bond motifs is 1. The molecule has 1 N–H and O–H groups in total. The van der Waals surface area contributed by atoms with E-state index in [4.69, 9.17) is 20.8 Å². The van der Waals surface area contributed by atoms with E-state index >= 15 is 0 Å². The highest BCUT2D eigenvalue weighted by Crippen LogP contribution is 2.24. The summed E-state index contributed by atoms with van der Waals surface area (Å²) in [5.41, 5.74) is -0.000318. The second-order valence-corrected chi connectivity index (χ2v) is 4.60. The fourth-order valence-electron chi connectivity index (χ4n) is 1.80. The number of ether oxygens (including phenoxy) is 1. The molecule has 0 saturated carbocycles. The molecular weight excluding hydrogens is 280 g/mol. The van der Waals surface area contributed by atoms with Crippen molar-refractivity contribution in [2.75, 3.05) is 0 Å². The van der Waals surface area contributed by atoms with Crippen LogP contribution in [-0.2, 0) is 0 Å². The highest BCUT2D eigenvalue weighted by atomic mass is 35.5. The number of hydrogen-bond donors (Lipinski definition) is 1. The van der Waals surface area contributed by atoms with E-state index in [9.17, 15) is 9.90 Å². The Bertz CT molecular complexity index is 821. The van der Waals surface area contributed by atoms with Crippen LogP contribution >= 0.6 is 11.6 Å². The third kappa shape index (κ3) is 2.33. The molecule has 0 aliphatic carbocycles. The lowest BCUT2D eigenvalue weighted by Gasteiger charge is -2.05. The molecule has 0 aliphatic rings. The zero-order chi connectivity index (χ0) is 14.1. The Hall–Kier alpha value is -2.46. The molecule has 20 heavy (non-hydrogen) atoms. The second-order valence-electron chi connectivity index (χ2n) is 4.17. The third-order valence-corrected chi connectivity index (χ3v) is 3.02. The first-order chi connectivity index (χ1) is 9.63. The molecule has 0 saturated heterocycles. The summed E-state index contributed by atoms with van der Waals surface area (Å²) in [6.07, 6.45) is 1.22. The Kier molecular flexibility index (Phi) is 3.08. The van der Waals surface area contributed by atoms with Gasteiger partial charge < -0.3 is 14.3 Å². The Morgan fingerprint density at radius 2 is 1.85 bits per heavy atom. The van der Waals surface area contributed by atoms with Gasteiger partial charge in [0.2, 0.25) is 11.2 Å². The summed E-state index contributed by atoms with van der Waals surface area (Å²) in [5, 5.41) is 10.3. The summed E-state index contributed by atoms with van der Waals surface area (Å²) in [4.78, 5) is 12.2. The van der Waals surface area contributed by atoms with Crippen LogP contribution in [0.15, 0.2) is 57.9 Å². The minimum absolute atomic E-state index is 0.0343. The molecule has 1 heterocycles. The van der Waals surface area contributed by atoms with E-state index in [0.717, 1.165) is 0 Å². The summed E-state index contributed by atoms with van der Waals surface area (Å²) in [6, 6.07) is 10.9. The summed E-state index contributed by atoms with van der Waals surface area (Å²) in [5.74, 6) is 0.595. The van der Waals surface area contributed by atoms with Crippen LogP contribution in [0.3, 0.4) is 0 Å².